The van der Waals surface area contributed by atoms with Crippen LogP contribution in [0.4, 0.5) is 0 Å². The molecule has 5 rings (SSSR count). The van der Waals surface area contributed by atoms with Crippen LogP contribution in [0.25, 0.3) is 0 Å². The molecule has 1 aliphatic heterocycles. The first-order valence-corrected chi connectivity index (χ1v) is 9.72. The fraction of sp³-hybridized carbons (Fsp3) is 0.478. The van der Waals surface area contributed by atoms with Crippen molar-refractivity contribution in [2.45, 2.75) is 57.0 Å². The minimum Gasteiger partial charge on any atom is -0.289 e. The minimum atomic E-state index is 0. The number of halogens is 1. The van der Waals surface area contributed by atoms with Crippen molar-refractivity contribution in [3.05, 3.63) is 71.3 Å². The van der Waals surface area contributed by atoms with Crippen molar-refractivity contribution in [3.8, 4) is 0 Å². The molecule has 1 saturated heterocycles. The van der Waals surface area contributed by atoms with Gasteiger partial charge in [0.15, 0.2) is 0 Å². The summed E-state index contributed by atoms with van der Waals surface area (Å²) in [6, 6.07) is 20.5. The molecule has 2 heteroatoms. The molecule has 2 atom stereocenters. The highest BCUT2D eigenvalue weighted by Crippen LogP contribution is 2.65. The minimum absolute atomic E-state index is 0. The van der Waals surface area contributed by atoms with Crippen LogP contribution in [0.15, 0.2) is 54.6 Å². The van der Waals surface area contributed by atoms with Crippen LogP contribution >= 0.6 is 12.4 Å². The van der Waals surface area contributed by atoms with Crippen LogP contribution in [0.2, 0.25) is 0 Å². The molecule has 2 fully saturated rings. The number of aryl methyl sites for hydroxylation is 1. The zero-order valence-electron chi connectivity index (χ0n) is 14.9. The molecule has 2 aromatic rings. The van der Waals surface area contributed by atoms with E-state index in [1.165, 1.54) is 57.1 Å². The molecule has 0 bridgehead atoms. The molecule has 2 aromatic carbocycles. The second-order valence-electron chi connectivity index (χ2n) is 8.16. The highest BCUT2D eigenvalue weighted by atomic mass is 35.5. The van der Waals surface area contributed by atoms with E-state index >= 15 is 0 Å². The van der Waals surface area contributed by atoms with Gasteiger partial charge in [-0.15, -0.1) is 12.4 Å². The maximum Gasteiger partial charge on any atom is 0.0523 e. The van der Waals surface area contributed by atoms with E-state index in [0.717, 1.165) is 6.54 Å². The van der Waals surface area contributed by atoms with Gasteiger partial charge in [-0.1, -0.05) is 67.4 Å². The second-order valence-corrected chi connectivity index (χ2v) is 8.16. The van der Waals surface area contributed by atoms with Crippen LogP contribution < -0.4 is 0 Å². The van der Waals surface area contributed by atoms with Gasteiger partial charge < -0.3 is 0 Å². The summed E-state index contributed by atoms with van der Waals surface area (Å²) in [5.74, 6) is 0. The SMILES string of the molecule is Cl.c1ccc(CN2CCC34CCCCC23c2ccccc2CC4)cc1. The summed E-state index contributed by atoms with van der Waals surface area (Å²) in [6.07, 6.45) is 9.70. The maximum atomic E-state index is 2.86. The van der Waals surface area contributed by atoms with E-state index in [4.69, 9.17) is 0 Å². The van der Waals surface area contributed by atoms with Gasteiger partial charge in [-0.25, -0.2) is 0 Å². The van der Waals surface area contributed by atoms with Gasteiger partial charge in [0.1, 0.15) is 0 Å². The first-order chi connectivity index (χ1) is 11.8. The molecular formula is C23H28ClN. The molecule has 132 valence electrons. The maximum absolute atomic E-state index is 2.86. The average molecular weight is 354 g/mol. The zero-order valence-corrected chi connectivity index (χ0v) is 15.7. The van der Waals surface area contributed by atoms with Gasteiger partial charge in [0.2, 0.25) is 0 Å². The van der Waals surface area contributed by atoms with E-state index in [9.17, 15) is 0 Å². The summed E-state index contributed by atoms with van der Waals surface area (Å²) in [5, 5.41) is 0. The molecule has 2 aliphatic carbocycles. The predicted octanol–water partition coefficient (Wildman–Crippen LogP) is 5.72. The molecular weight excluding hydrogens is 326 g/mol. The fourth-order valence-electron chi connectivity index (χ4n) is 6.26. The summed E-state index contributed by atoms with van der Waals surface area (Å²) in [4.78, 5) is 2.86. The highest BCUT2D eigenvalue weighted by Gasteiger charge is 2.61. The van der Waals surface area contributed by atoms with Gasteiger partial charge in [-0.2, -0.15) is 0 Å². The van der Waals surface area contributed by atoms with Gasteiger partial charge in [0, 0.05) is 6.54 Å². The molecule has 3 aliphatic rings. The van der Waals surface area contributed by atoms with Crippen LogP contribution in [0.1, 0.15) is 55.2 Å². The van der Waals surface area contributed by atoms with Crippen molar-refractivity contribution in [2.24, 2.45) is 5.41 Å². The third-order valence-corrected chi connectivity index (χ3v) is 7.27. The van der Waals surface area contributed by atoms with E-state index in [1.54, 1.807) is 11.1 Å². The van der Waals surface area contributed by atoms with Crippen LogP contribution in [0, 0.1) is 5.41 Å². The molecule has 0 amide bonds. The predicted molar refractivity (Wildman–Crippen MR) is 106 cm³/mol. The molecule has 0 spiro atoms. The van der Waals surface area contributed by atoms with Crippen molar-refractivity contribution in [2.75, 3.05) is 6.54 Å². The van der Waals surface area contributed by atoms with Gasteiger partial charge >= 0.3 is 0 Å². The number of rotatable bonds is 2. The van der Waals surface area contributed by atoms with Gasteiger partial charge in [-0.05, 0) is 60.8 Å². The van der Waals surface area contributed by atoms with Gasteiger partial charge in [0.05, 0.1) is 5.54 Å². The van der Waals surface area contributed by atoms with Crippen LogP contribution in [-0.4, -0.2) is 11.4 Å². The molecule has 2 unspecified atom stereocenters. The van der Waals surface area contributed by atoms with E-state index in [0.29, 0.717) is 11.0 Å². The summed E-state index contributed by atoms with van der Waals surface area (Å²) < 4.78 is 0. The number of nitrogens with zero attached hydrogens (tertiary/aromatic N) is 1. The Hall–Kier alpha value is -1.31. The number of hydrogen-bond donors (Lipinski definition) is 0. The first kappa shape index (κ1) is 17.1. The topological polar surface area (TPSA) is 3.24 Å². The largest absolute Gasteiger partial charge is 0.289 e. The Kier molecular flexibility index (Phi) is 4.42. The quantitative estimate of drug-likeness (QED) is 0.667. The number of benzene rings is 2. The first-order valence-electron chi connectivity index (χ1n) is 9.72. The van der Waals surface area contributed by atoms with Crippen molar-refractivity contribution in [3.63, 3.8) is 0 Å². The molecule has 0 radical (unpaired) electrons. The van der Waals surface area contributed by atoms with E-state index < -0.39 is 0 Å². The van der Waals surface area contributed by atoms with E-state index in [2.05, 4.69) is 59.5 Å². The van der Waals surface area contributed by atoms with Gasteiger partial charge in [0.25, 0.3) is 0 Å². The summed E-state index contributed by atoms with van der Waals surface area (Å²) in [5.41, 5.74) is 5.60. The van der Waals surface area contributed by atoms with Crippen molar-refractivity contribution in [1.29, 1.82) is 0 Å². The van der Waals surface area contributed by atoms with Crippen LogP contribution in [0.5, 0.6) is 0 Å². The monoisotopic (exact) mass is 353 g/mol. The molecule has 0 aromatic heterocycles. The third-order valence-electron chi connectivity index (χ3n) is 7.27. The smallest absolute Gasteiger partial charge is 0.0523 e. The van der Waals surface area contributed by atoms with E-state index in [1.807, 2.05) is 0 Å². The Morgan fingerprint density at radius 1 is 0.800 bits per heavy atom. The second kappa shape index (κ2) is 6.45. The molecule has 1 nitrogen and oxygen atoms in total. The average Bonchev–Trinajstić information content (AvgIpc) is 2.99. The van der Waals surface area contributed by atoms with Gasteiger partial charge in [-0.3, -0.25) is 4.90 Å². The lowest BCUT2D eigenvalue weighted by atomic mass is 9.53. The van der Waals surface area contributed by atoms with Crippen molar-refractivity contribution >= 4 is 12.4 Å². The lowest BCUT2D eigenvalue weighted by Gasteiger charge is -2.57. The molecule has 1 heterocycles. The number of likely N-dealkylation sites (tertiary alicyclic amines) is 1. The third kappa shape index (κ3) is 2.39. The fourth-order valence-corrected chi connectivity index (χ4v) is 6.26. The normalized spacial score (nSPS) is 30.7. The lowest BCUT2D eigenvalue weighted by molar-refractivity contribution is -0.0300. The summed E-state index contributed by atoms with van der Waals surface area (Å²) in [7, 11) is 0. The zero-order chi connectivity index (χ0) is 16.0. The van der Waals surface area contributed by atoms with E-state index in [-0.39, 0.29) is 12.4 Å². The molecule has 25 heavy (non-hydrogen) atoms. The van der Waals surface area contributed by atoms with Crippen LogP contribution in [0.3, 0.4) is 0 Å². The number of hydrogen-bond acceptors (Lipinski definition) is 1. The number of fused-ring (bicyclic) bond motifs is 1. The lowest BCUT2D eigenvalue weighted by Crippen LogP contribution is -2.55. The Bertz CT molecular complexity index is 743. The summed E-state index contributed by atoms with van der Waals surface area (Å²) >= 11 is 0. The Balaban J connectivity index is 0.00000157. The standard InChI is InChI=1S/C23H27N.ClH/c1-2-8-19(9-3-1)18-24-17-16-22-13-6-7-14-23(22,24)21-11-5-4-10-20(21)12-15-22;/h1-5,8-11H,6-7,12-18H2;1H. The highest BCUT2D eigenvalue weighted by molar-refractivity contribution is 5.85. The van der Waals surface area contributed by atoms with Crippen molar-refractivity contribution < 1.29 is 0 Å². The summed E-state index contributed by atoms with van der Waals surface area (Å²) in [6.45, 7) is 2.38. The Labute approximate surface area is 157 Å². The molecule has 0 N–H and O–H groups in total. The Morgan fingerprint density at radius 2 is 1.56 bits per heavy atom. The Morgan fingerprint density at radius 3 is 2.44 bits per heavy atom. The van der Waals surface area contributed by atoms with Crippen molar-refractivity contribution in [1.82, 2.24) is 4.90 Å². The van der Waals surface area contributed by atoms with Crippen LogP contribution in [-0.2, 0) is 18.5 Å². The molecule has 1 saturated carbocycles.